The van der Waals surface area contributed by atoms with E-state index in [4.69, 9.17) is 5.73 Å². The molecule has 18 heavy (non-hydrogen) atoms. The monoisotopic (exact) mass is 253 g/mol. The van der Waals surface area contributed by atoms with E-state index < -0.39 is 0 Å². The summed E-state index contributed by atoms with van der Waals surface area (Å²) < 4.78 is 0. The summed E-state index contributed by atoms with van der Waals surface area (Å²) in [7, 11) is 0. The van der Waals surface area contributed by atoms with E-state index in [0.717, 1.165) is 11.8 Å². The molecule has 0 saturated heterocycles. The van der Waals surface area contributed by atoms with E-state index in [1.54, 1.807) is 0 Å². The summed E-state index contributed by atoms with van der Waals surface area (Å²) in [6.45, 7) is 4.64. The Morgan fingerprint density at radius 3 is 2.11 bits per heavy atom. The molecular weight excluding hydrogens is 218 g/mol. The topological polar surface area (TPSA) is 26.0 Å². The van der Waals surface area contributed by atoms with Gasteiger partial charge in [-0.15, -0.1) is 0 Å². The Morgan fingerprint density at radius 2 is 1.50 bits per heavy atom. The van der Waals surface area contributed by atoms with E-state index in [1.165, 1.54) is 77.0 Å². The van der Waals surface area contributed by atoms with Crippen molar-refractivity contribution in [2.75, 3.05) is 0 Å². The lowest BCUT2D eigenvalue weighted by Crippen LogP contribution is -2.29. The fourth-order valence-electron chi connectivity index (χ4n) is 3.61. The third kappa shape index (κ3) is 6.22. The SMILES string of the molecule is CCCCCCCC(CCC)[C@H]1CC[C@H](N)CC1. The highest BCUT2D eigenvalue weighted by Crippen LogP contribution is 2.35. The van der Waals surface area contributed by atoms with Crippen molar-refractivity contribution in [1.29, 1.82) is 0 Å². The standard InChI is InChI=1S/C17H35N/c1-3-5-6-7-8-10-15(9-4-2)16-11-13-17(18)14-12-16/h15-17H,3-14,18H2,1-2H3/t15?,16-,17-. The first kappa shape index (κ1) is 16.0. The number of hydrogen-bond donors (Lipinski definition) is 1. The summed E-state index contributed by atoms with van der Waals surface area (Å²) in [5, 5.41) is 0. The van der Waals surface area contributed by atoms with E-state index in [9.17, 15) is 0 Å². The molecule has 1 fully saturated rings. The van der Waals surface area contributed by atoms with Gasteiger partial charge in [-0.1, -0.05) is 65.2 Å². The molecule has 0 aromatic heterocycles. The van der Waals surface area contributed by atoms with Gasteiger partial charge in [0.15, 0.2) is 0 Å². The smallest absolute Gasteiger partial charge is 0.00390 e. The van der Waals surface area contributed by atoms with Crippen LogP contribution in [0.3, 0.4) is 0 Å². The second-order valence-electron chi connectivity index (χ2n) is 6.43. The average Bonchev–Trinajstić information content (AvgIpc) is 2.38. The molecule has 1 nitrogen and oxygen atoms in total. The molecule has 1 atom stereocenters. The minimum Gasteiger partial charge on any atom is -0.328 e. The maximum Gasteiger partial charge on any atom is 0.00390 e. The first-order chi connectivity index (χ1) is 8.77. The minimum absolute atomic E-state index is 0.507. The Morgan fingerprint density at radius 1 is 0.833 bits per heavy atom. The first-order valence-electron chi connectivity index (χ1n) is 8.53. The molecule has 0 bridgehead atoms. The summed E-state index contributed by atoms with van der Waals surface area (Å²) in [5.74, 6) is 2.00. The first-order valence-corrected chi connectivity index (χ1v) is 8.53. The molecule has 0 aromatic rings. The normalized spacial score (nSPS) is 26.2. The Balaban J connectivity index is 2.21. The summed E-state index contributed by atoms with van der Waals surface area (Å²) in [4.78, 5) is 0. The molecular formula is C17H35N. The van der Waals surface area contributed by atoms with Crippen molar-refractivity contribution in [1.82, 2.24) is 0 Å². The number of hydrogen-bond acceptors (Lipinski definition) is 1. The molecule has 0 radical (unpaired) electrons. The van der Waals surface area contributed by atoms with E-state index in [1.807, 2.05) is 0 Å². The van der Waals surface area contributed by atoms with Crippen LogP contribution in [0.5, 0.6) is 0 Å². The number of nitrogens with two attached hydrogens (primary N) is 1. The lowest BCUT2D eigenvalue weighted by molar-refractivity contribution is 0.206. The predicted molar refractivity (Wildman–Crippen MR) is 81.7 cm³/mol. The van der Waals surface area contributed by atoms with Crippen molar-refractivity contribution in [2.24, 2.45) is 17.6 Å². The molecule has 0 amide bonds. The molecule has 1 aliphatic rings. The van der Waals surface area contributed by atoms with Gasteiger partial charge in [0.2, 0.25) is 0 Å². The van der Waals surface area contributed by atoms with Crippen LogP contribution < -0.4 is 5.73 Å². The molecule has 0 aliphatic heterocycles. The van der Waals surface area contributed by atoms with Gasteiger partial charge in [0, 0.05) is 6.04 Å². The molecule has 0 heterocycles. The van der Waals surface area contributed by atoms with Crippen molar-refractivity contribution >= 4 is 0 Å². The van der Waals surface area contributed by atoms with Gasteiger partial charge in [-0.05, 0) is 37.5 Å². The fourth-order valence-corrected chi connectivity index (χ4v) is 3.61. The fraction of sp³-hybridized carbons (Fsp3) is 1.00. The molecule has 108 valence electrons. The third-order valence-electron chi connectivity index (χ3n) is 4.82. The molecule has 1 heteroatoms. The summed E-state index contributed by atoms with van der Waals surface area (Å²) in [5.41, 5.74) is 6.03. The highest BCUT2D eigenvalue weighted by Gasteiger charge is 2.25. The van der Waals surface area contributed by atoms with Crippen molar-refractivity contribution in [2.45, 2.75) is 96.9 Å². The lowest BCUT2D eigenvalue weighted by atomic mass is 9.75. The molecule has 1 unspecified atom stereocenters. The quantitative estimate of drug-likeness (QED) is 0.556. The van der Waals surface area contributed by atoms with Gasteiger partial charge in [-0.3, -0.25) is 0 Å². The van der Waals surface area contributed by atoms with Crippen LogP contribution in [0.15, 0.2) is 0 Å². The van der Waals surface area contributed by atoms with E-state index in [2.05, 4.69) is 13.8 Å². The zero-order valence-electron chi connectivity index (χ0n) is 12.8. The maximum atomic E-state index is 6.03. The Bertz CT molecular complexity index is 182. The molecule has 1 saturated carbocycles. The maximum absolute atomic E-state index is 6.03. The number of rotatable bonds is 9. The molecule has 0 spiro atoms. The van der Waals surface area contributed by atoms with Crippen LogP contribution in [-0.2, 0) is 0 Å². The van der Waals surface area contributed by atoms with E-state index in [-0.39, 0.29) is 0 Å². The second kappa shape index (κ2) is 9.83. The molecule has 2 N–H and O–H groups in total. The van der Waals surface area contributed by atoms with E-state index >= 15 is 0 Å². The summed E-state index contributed by atoms with van der Waals surface area (Å²) >= 11 is 0. The van der Waals surface area contributed by atoms with Crippen LogP contribution in [0.1, 0.15) is 90.9 Å². The van der Waals surface area contributed by atoms with Gasteiger partial charge in [0.25, 0.3) is 0 Å². The van der Waals surface area contributed by atoms with Gasteiger partial charge in [-0.25, -0.2) is 0 Å². The summed E-state index contributed by atoms with van der Waals surface area (Å²) in [6.07, 6.45) is 16.8. The lowest BCUT2D eigenvalue weighted by Gasteiger charge is -2.32. The van der Waals surface area contributed by atoms with Gasteiger partial charge < -0.3 is 5.73 Å². The molecule has 1 rings (SSSR count). The predicted octanol–water partition coefficient (Wildman–Crippen LogP) is 5.28. The highest BCUT2D eigenvalue weighted by molar-refractivity contribution is 4.79. The van der Waals surface area contributed by atoms with Crippen LogP contribution in [-0.4, -0.2) is 6.04 Å². The zero-order chi connectivity index (χ0) is 13.2. The zero-order valence-corrected chi connectivity index (χ0v) is 12.8. The van der Waals surface area contributed by atoms with Crippen LogP contribution in [0.4, 0.5) is 0 Å². The van der Waals surface area contributed by atoms with Crippen LogP contribution in [0, 0.1) is 11.8 Å². The van der Waals surface area contributed by atoms with Crippen molar-refractivity contribution in [3.8, 4) is 0 Å². The highest BCUT2D eigenvalue weighted by atomic mass is 14.6. The Hall–Kier alpha value is -0.0400. The van der Waals surface area contributed by atoms with Gasteiger partial charge in [-0.2, -0.15) is 0 Å². The second-order valence-corrected chi connectivity index (χ2v) is 6.43. The van der Waals surface area contributed by atoms with Crippen molar-refractivity contribution in [3.05, 3.63) is 0 Å². The summed E-state index contributed by atoms with van der Waals surface area (Å²) in [6, 6.07) is 0.507. The van der Waals surface area contributed by atoms with Gasteiger partial charge in [0.05, 0.1) is 0 Å². The van der Waals surface area contributed by atoms with Crippen LogP contribution in [0.25, 0.3) is 0 Å². The van der Waals surface area contributed by atoms with Gasteiger partial charge in [0.1, 0.15) is 0 Å². The van der Waals surface area contributed by atoms with Crippen LogP contribution in [0.2, 0.25) is 0 Å². The number of unbranched alkanes of at least 4 members (excludes halogenated alkanes) is 4. The minimum atomic E-state index is 0.507. The van der Waals surface area contributed by atoms with Crippen molar-refractivity contribution < 1.29 is 0 Å². The van der Waals surface area contributed by atoms with E-state index in [0.29, 0.717) is 6.04 Å². The molecule has 0 aromatic carbocycles. The Kier molecular flexibility index (Phi) is 8.75. The Labute approximate surface area is 115 Å². The van der Waals surface area contributed by atoms with Crippen molar-refractivity contribution in [3.63, 3.8) is 0 Å². The largest absolute Gasteiger partial charge is 0.328 e. The molecule has 1 aliphatic carbocycles. The van der Waals surface area contributed by atoms with Gasteiger partial charge >= 0.3 is 0 Å². The third-order valence-corrected chi connectivity index (χ3v) is 4.82. The van der Waals surface area contributed by atoms with Crippen LogP contribution >= 0.6 is 0 Å². The average molecular weight is 253 g/mol.